The van der Waals surface area contributed by atoms with Crippen molar-refractivity contribution in [2.75, 3.05) is 45.2 Å². The zero-order valence-corrected chi connectivity index (χ0v) is 16.0. The second-order valence-corrected chi connectivity index (χ2v) is 6.53. The van der Waals surface area contributed by atoms with Gasteiger partial charge in [0.2, 0.25) is 0 Å². The maximum atomic E-state index is 14.0. The van der Waals surface area contributed by atoms with E-state index in [2.05, 4.69) is 32.2 Å². The zero-order chi connectivity index (χ0) is 19.1. The molecule has 6 heteroatoms. The minimum atomic E-state index is -0.164. The van der Waals surface area contributed by atoms with Crippen molar-refractivity contribution in [1.82, 2.24) is 10.2 Å². The molecule has 1 saturated heterocycles. The summed E-state index contributed by atoms with van der Waals surface area (Å²) in [4.78, 5) is 8.73. The monoisotopic (exact) mass is 370 g/mol. The molecule has 1 fully saturated rings. The van der Waals surface area contributed by atoms with Gasteiger partial charge in [0.1, 0.15) is 5.82 Å². The van der Waals surface area contributed by atoms with Crippen LogP contribution in [0, 0.1) is 5.82 Å². The number of nitrogens with zero attached hydrogens (tertiary/aromatic N) is 3. The number of ether oxygens (including phenoxy) is 1. The molecule has 2 aromatic rings. The fourth-order valence-corrected chi connectivity index (χ4v) is 3.40. The first kappa shape index (κ1) is 19.2. The fraction of sp³-hybridized carbons (Fsp3) is 0.381. The van der Waals surface area contributed by atoms with E-state index >= 15 is 0 Å². The molecule has 0 radical (unpaired) electrons. The molecule has 0 saturated carbocycles. The fourth-order valence-electron chi connectivity index (χ4n) is 3.40. The molecule has 0 amide bonds. The Labute approximate surface area is 160 Å². The summed E-state index contributed by atoms with van der Waals surface area (Å²) >= 11 is 0. The Kier molecular flexibility index (Phi) is 6.65. The highest BCUT2D eigenvalue weighted by molar-refractivity contribution is 5.80. The molecule has 0 unspecified atom stereocenters. The van der Waals surface area contributed by atoms with Crippen molar-refractivity contribution in [3.05, 3.63) is 65.5 Å². The number of nitrogens with one attached hydrogen (secondary N) is 1. The summed E-state index contributed by atoms with van der Waals surface area (Å²) in [7, 11) is 3.50. The molecule has 0 spiro atoms. The molecule has 1 aliphatic rings. The Morgan fingerprint density at radius 1 is 1.04 bits per heavy atom. The number of aliphatic imine (C=N–C) groups is 1. The average Bonchev–Trinajstić information content (AvgIpc) is 2.71. The largest absolute Gasteiger partial charge is 0.380 e. The van der Waals surface area contributed by atoms with Crippen LogP contribution in [0.5, 0.6) is 0 Å². The summed E-state index contributed by atoms with van der Waals surface area (Å²) < 4.78 is 19.3. The van der Waals surface area contributed by atoms with Crippen molar-refractivity contribution in [3.63, 3.8) is 0 Å². The molecule has 2 aromatic carbocycles. The van der Waals surface area contributed by atoms with Crippen molar-refractivity contribution in [1.29, 1.82) is 0 Å². The van der Waals surface area contributed by atoms with Gasteiger partial charge in [-0.25, -0.2) is 4.39 Å². The SMILES string of the molecule is CN=C(NCc1ccccc1COC)N1CCN(c2ccccc2F)CC1. The Morgan fingerprint density at radius 3 is 2.37 bits per heavy atom. The lowest BCUT2D eigenvalue weighted by atomic mass is 10.1. The maximum absolute atomic E-state index is 14.0. The molecule has 5 nitrogen and oxygen atoms in total. The summed E-state index contributed by atoms with van der Waals surface area (Å²) in [5.41, 5.74) is 3.05. The summed E-state index contributed by atoms with van der Waals surface area (Å²) in [5, 5.41) is 3.45. The minimum Gasteiger partial charge on any atom is -0.380 e. The van der Waals surface area contributed by atoms with E-state index in [1.807, 2.05) is 24.3 Å². The van der Waals surface area contributed by atoms with Gasteiger partial charge in [-0.05, 0) is 23.3 Å². The lowest BCUT2D eigenvalue weighted by Gasteiger charge is -2.37. The van der Waals surface area contributed by atoms with E-state index in [4.69, 9.17) is 4.74 Å². The molecule has 3 rings (SSSR count). The average molecular weight is 370 g/mol. The maximum Gasteiger partial charge on any atom is 0.194 e. The van der Waals surface area contributed by atoms with E-state index in [9.17, 15) is 4.39 Å². The molecule has 144 valence electrons. The highest BCUT2D eigenvalue weighted by atomic mass is 19.1. The predicted octanol–water partition coefficient (Wildman–Crippen LogP) is 2.87. The van der Waals surface area contributed by atoms with Crippen molar-refractivity contribution in [2.45, 2.75) is 13.2 Å². The predicted molar refractivity (Wildman–Crippen MR) is 108 cm³/mol. The van der Waals surface area contributed by atoms with Crippen LogP contribution >= 0.6 is 0 Å². The third-order valence-corrected chi connectivity index (χ3v) is 4.84. The molecule has 0 aliphatic carbocycles. The van der Waals surface area contributed by atoms with Gasteiger partial charge in [0.15, 0.2) is 5.96 Å². The first-order valence-electron chi connectivity index (χ1n) is 9.23. The first-order chi connectivity index (χ1) is 13.2. The quantitative estimate of drug-likeness (QED) is 0.649. The number of anilines is 1. The van der Waals surface area contributed by atoms with Crippen LogP contribution in [0.25, 0.3) is 0 Å². The Bertz CT molecular complexity index is 772. The van der Waals surface area contributed by atoms with Gasteiger partial charge >= 0.3 is 0 Å². The third-order valence-electron chi connectivity index (χ3n) is 4.84. The van der Waals surface area contributed by atoms with Gasteiger partial charge in [-0.3, -0.25) is 4.99 Å². The number of halogens is 1. The lowest BCUT2D eigenvalue weighted by molar-refractivity contribution is 0.184. The van der Waals surface area contributed by atoms with Gasteiger partial charge in [-0.1, -0.05) is 36.4 Å². The Morgan fingerprint density at radius 2 is 1.70 bits per heavy atom. The van der Waals surface area contributed by atoms with E-state index in [0.717, 1.165) is 32.1 Å². The molecule has 0 atom stereocenters. The Balaban J connectivity index is 1.58. The third kappa shape index (κ3) is 4.77. The van der Waals surface area contributed by atoms with Gasteiger partial charge in [-0.15, -0.1) is 0 Å². The topological polar surface area (TPSA) is 40.1 Å². The molecule has 1 aliphatic heterocycles. The van der Waals surface area contributed by atoms with Gasteiger partial charge in [0.25, 0.3) is 0 Å². The van der Waals surface area contributed by atoms with E-state index in [-0.39, 0.29) is 5.82 Å². The van der Waals surface area contributed by atoms with Gasteiger partial charge < -0.3 is 19.9 Å². The number of hydrogen-bond donors (Lipinski definition) is 1. The molecule has 1 heterocycles. The van der Waals surface area contributed by atoms with Crippen LogP contribution in [0.2, 0.25) is 0 Å². The van der Waals surface area contributed by atoms with E-state index in [1.165, 1.54) is 17.2 Å². The molecular formula is C21H27FN4O. The van der Waals surface area contributed by atoms with Crippen molar-refractivity contribution in [2.24, 2.45) is 4.99 Å². The number of hydrogen-bond acceptors (Lipinski definition) is 3. The van der Waals surface area contributed by atoms with E-state index in [0.29, 0.717) is 18.8 Å². The number of methoxy groups -OCH3 is 1. The summed E-state index contributed by atoms with van der Waals surface area (Å²) in [6.45, 7) is 4.42. The second-order valence-electron chi connectivity index (χ2n) is 6.53. The lowest BCUT2D eigenvalue weighted by Crippen LogP contribution is -2.52. The van der Waals surface area contributed by atoms with Gasteiger partial charge in [-0.2, -0.15) is 0 Å². The van der Waals surface area contributed by atoms with Crippen molar-refractivity contribution < 1.29 is 9.13 Å². The zero-order valence-electron chi connectivity index (χ0n) is 16.0. The van der Waals surface area contributed by atoms with Crippen LogP contribution in [0.3, 0.4) is 0 Å². The van der Waals surface area contributed by atoms with Crippen LogP contribution in [0.1, 0.15) is 11.1 Å². The number of guanidine groups is 1. The molecule has 0 aromatic heterocycles. The highest BCUT2D eigenvalue weighted by Crippen LogP contribution is 2.20. The number of benzene rings is 2. The summed E-state index contributed by atoms with van der Waals surface area (Å²) in [6, 6.07) is 15.2. The van der Waals surface area contributed by atoms with E-state index in [1.54, 1.807) is 20.2 Å². The molecule has 0 bridgehead atoms. The van der Waals surface area contributed by atoms with Gasteiger partial charge in [0.05, 0.1) is 12.3 Å². The minimum absolute atomic E-state index is 0.164. The number of rotatable bonds is 5. The van der Waals surface area contributed by atoms with Crippen LogP contribution in [0.15, 0.2) is 53.5 Å². The molecule has 27 heavy (non-hydrogen) atoms. The molecule has 1 N–H and O–H groups in total. The van der Waals surface area contributed by atoms with Crippen molar-refractivity contribution in [3.8, 4) is 0 Å². The van der Waals surface area contributed by atoms with Crippen LogP contribution in [0.4, 0.5) is 10.1 Å². The Hall–Kier alpha value is -2.60. The summed E-state index contributed by atoms with van der Waals surface area (Å²) in [5.74, 6) is 0.707. The number of piperazine rings is 1. The van der Waals surface area contributed by atoms with E-state index < -0.39 is 0 Å². The van der Waals surface area contributed by atoms with Crippen LogP contribution in [-0.2, 0) is 17.9 Å². The van der Waals surface area contributed by atoms with Crippen molar-refractivity contribution >= 4 is 11.6 Å². The van der Waals surface area contributed by atoms with Crippen LogP contribution in [-0.4, -0.2) is 51.2 Å². The van der Waals surface area contributed by atoms with Crippen LogP contribution < -0.4 is 10.2 Å². The highest BCUT2D eigenvalue weighted by Gasteiger charge is 2.21. The molecular weight excluding hydrogens is 343 g/mol. The second kappa shape index (κ2) is 9.37. The van der Waals surface area contributed by atoms with Gasteiger partial charge in [0, 0.05) is 46.9 Å². The summed E-state index contributed by atoms with van der Waals surface area (Å²) in [6.07, 6.45) is 0. The smallest absolute Gasteiger partial charge is 0.194 e. The first-order valence-corrected chi connectivity index (χ1v) is 9.23. The standard InChI is InChI=1S/C21H27FN4O/c1-23-21(24-15-17-7-3-4-8-18(17)16-27-2)26-13-11-25(12-14-26)20-10-6-5-9-19(20)22/h3-10H,11-16H2,1-2H3,(H,23,24). The number of para-hydroxylation sites is 1. The normalized spacial score (nSPS) is 15.1.